The molecule has 0 aromatic heterocycles. The van der Waals surface area contributed by atoms with Crippen molar-refractivity contribution >= 4 is 43.7 Å². The van der Waals surface area contributed by atoms with E-state index >= 15 is 0 Å². The standard InChI is InChI=1S/C31H61N2P2Si2.C5H5.Fe/c1-29(2,3)35(30(4,5)6)22-25-26(19-27(36(7,8)9)28(25)37(10,11)12)31(34,23-15-13-17-32-20-23)24-16-14-18-33-21-24;1-2-4-5-3-1;/h19,23-24,32-33H,13-18,20-22,34H2,1-12H3;1-5H;/q2*-1;+2. The third-order valence-corrected chi connectivity index (χ3v) is 19.1. The van der Waals surface area contributed by atoms with Crippen LogP contribution in [0.4, 0.5) is 0 Å². The van der Waals surface area contributed by atoms with Gasteiger partial charge in [0.2, 0.25) is 0 Å². The van der Waals surface area contributed by atoms with Crippen molar-refractivity contribution in [2.45, 2.75) is 128 Å². The summed E-state index contributed by atoms with van der Waals surface area (Å²) >= 11 is 0. The van der Waals surface area contributed by atoms with E-state index in [-0.39, 0.29) is 30.1 Å². The van der Waals surface area contributed by atoms with Crippen LogP contribution < -0.4 is 21.0 Å². The van der Waals surface area contributed by atoms with Crippen LogP contribution in [-0.2, 0) is 28.4 Å². The molecule has 4 rings (SSSR count). The summed E-state index contributed by atoms with van der Waals surface area (Å²) in [6.45, 7) is 35.5. The molecule has 2 aliphatic rings. The molecule has 0 radical (unpaired) electrons. The molecule has 2 nitrogen and oxygen atoms in total. The fraction of sp³-hybridized carbons (Fsp3) is 0.722. The van der Waals surface area contributed by atoms with Crippen LogP contribution in [0.5, 0.6) is 0 Å². The topological polar surface area (TPSA) is 24.1 Å². The van der Waals surface area contributed by atoms with Gasteiger partial charge in [0.15, 0.2) is 0 Å². The molecule has 3 atom stereocenters. The van der Waals surface area contributed by atoms with Crippen molar-refractivity contribution < 1.29 is 17.1 Å². The summed E-state index contributed by atoms with van der Waals surface area (Å²) in [5, 5.41) is 12.1. The molecular formula is C36H66FeN2P2Si2. The van der Waals surface area contributed by atoms with Crippen molar-refractivity contribution in [3.8, 4) is 0 Å². The molecule has 7 heteroatoms. The van der Waals surface area contributed by atoms with Crippen molar-refractivity contribution in [1.82, 2.24) is 10.6 Å². The zero-order valence-electron chi connectivity index (χ0n) is 29.9. The maximum atomic E-state index is 3.83. The van der Waals surface area contributed by atoms with Gasteiger partial charge in [0, 0.05) is 8.07 Å². The maximum Gasteiger partial charge on any atom is 2.00 e. The van der Waals surface area contributed by atoms with Gasteiger partial charge in [-0.2, -0.15) is 39.7 Å². The Morgan fingerprint density at radius 3 is 1.63 bits per heavy atom. The minimum absolute atomic E-state index is 0. The van der Waals surface area contributed by atoms with E-state index in [1.54, 1.807) is 10.8 Å². The second kappa shape index (κ2) is 15.6. The Kier molecular flexibility index (Phi) is 14.3. The van der Waals surface area contributed by atoms with Crippen molar-refractivity contribution in [2.24, 2.45) is 11.8 Å². The monoisotopic (exact) mass is 700 g/mol. The van der Waals surface area contributed by atoms with Crippen LogP contribution in [0, 0.1) is 11.8 Å². The first-order chi connectivity index (χ1) is 19.3. The minimum atomic E-state index is -1.57. The SMILES string of the molecule is CC(C)(C)P(Cc1c(C(P)(C2CCCNC2)C2CCCNC2)cc([Si](C)(C)C)[c-]1[Si](C)(C)C)C(C)(C)C.[Fe+2].c1cc[cH-]c1. The molecule has 2 aromatic carbocycles. The summed E-state index contributed by atoms with van der Waals surface area (Å²) in [6, 6.07) is 12.8. The fourth-order valence-electron chi connectivity index (χ4n) is 7.85. The Labute approximate surface area is 283 Å². The molecule has 2 heterocycles. The summed E-state index contributed by atoms with van der Waals surface area (Å²) in [5.41, 5.74) is 3.58. The van der Waals surface area contributed by atoms with E-state index in [0.717, 1.165) is 0 Å². The molecule has 0 bridgehead atoms. The quantitative estimate of drug-likeness (QED) is 0.172. The molecule has 2 fully saturated rings. The molecule has 2 saturated heterocycles. The van der Waals surface area contributed by atoms with E-state index in [0.29, 0.717) is 22.1 Å². The largest absolute Gasteiger partial charge is 2.00 e. The Morgan fingerprint density at radius 1 is 0.860 bits per heavy atom. The van der Waals surface area contributed by atoms with E-state index in [9.17, 15) is 0 Å². The van der Waals surface area contributed by atoms with Gasteiger partial charge in [-0.1, -0.05) is 88.7 Å². The summed E-state index contributed by atoms with van der Waals surface area (Å²) in [4.78, 5) is 0. The Hall–Kier alpha value is 0.433. The first kappa shape index (κ1) is 39.6. The predicted molar refractivity (Wildman–Crippen MR) is 203 cm³/mol. The average molecular weight is 701 g/mol. The Balaban J connectivity index is 0.000000973. The van der Waals surface area contributed by atoms with E-state index < -0.39 is 16.1 Å². The van der Waals surface area contributed by atoms with Crippen LogP contribution in [0.25, 0.3) is 0 Å². The third-order valence-electron chi connectivity index (χ3n) is 9.65. The number of piperidine rings is 2. The molecule has 246 valence electrons. The number of nitrogens with one attached hydrogen (secondary N) is 2. The van der Waals surface area contributed by atoms with Crippen molar-refractivity contribution in [2.75, 3.05) is 26.2 Å². The molecule has 0 saturated carbocycles. The molecule has 3 unspecified atom stereocenters. The van der Waals surface area contributed by atoms with Crippen molar-refractivity contribution in [1.29, 1.82) is 0 Å². The van der Waals surface area contributed by atoms with Crippen molar-refractivity contribution in [3.63, 3.8) is 0 Å². The normalized spacial score (nSPS) is 21.9. The van der Waals surface area contributed by atoms with E-state index in [4.69, 9.17) is 0 Å². The molecule has 0 amide bonds. The van der Waals surface area contributed by atoms with E-state index in [1.807, 2.05) is 41.1 Å². The van der Waals surface area contributed by atoms with Crippen LogP contribution in [0.3, 0.4) is 0 Å². The van der Waals surface area contributed by atoms with Crippen LogP contribution >= 0.6 is 17.2 Å². The summed E-state index contributed by atoms with van der Waals surface area (Å²) in [6.07, 6.45) is 6.63. The number of hydrogen-bond acceptors (Lipinski definition) is 2. The zero-order valence-corrected chi connectivity index (χ0v) is 35.0. The molecule has 2 aliphatic heterocycles. The molecule has 2 N–H and O–H groups in total. The molecule has 0 aliphatic carbocycles. The molecule has 0 spiro atoms. The second-order valence-corrected chi connectivity index (χ2v) is 32.1. The van der Waals surface area contributed by atoms with Crippen LogP contribution in [0.2, 0.25) is 39.3 Å². The number of rotatable bonds is 7. The molecular weight excluding hydrogens is 634 g/mol. The van der Waals surface area contributed by atoms with Gasteiger partial charge in [0.1, 0.15) is 0 Å². The van der Waals surface area contributed by atoms with Gasteiger partial charge < -0.3 is 10.6 Å². The van der Waals surface area contributed by atoms with Gasteiger partial charge >= 0.3 is 17.1 Å². The second-order valence-electron chi connectivity index (χ2n) is 17.2. The van der Waals surface area contributed by atoms with Crippen LogP contribution in [-0.4, -0.2) is 52.6 Å². The first-order valence-corrected chi connectivity index (χ1v) is 25.9. The van der Waals surface area contributed by atoms with Gasteiger partial charge in [0.05, 0.1) is 8.07 Å². The summed E-state index contributed by atoms with van der Waals surface area (Å²) in [7, 11) is 0.307. The predicted octanol–water partition coefficient (Wildman–Crippen LogP) is 8.55. The van der Waals surface area contributed by atoms with Crippen LogP contribution in [0.1, 0.15) is 78.4 Å². The Bertz CT molecular complexity index is 1040. The zero-order chi connectivity index (χ0) is 31.6. The molecule has 43 heavy (non-hydrogen) atoms. The minimum Gasteiger partial charge on any atom is -0.316 e. The van der Waals surface area contributed by atoms with Crippen LogP contribution in [0.15, 0.2) is 36.4 Å². The first-order valence-electron chi connectivity index (χ1n) is 16.8. The molecule has 2 aromatic rings. The van der Waals surface area contributed by atoms with Gasteiger partial charge in [0.25, 0.3) is 0 Å². The fourth-order valence-corrected chi connectivity index (χ4v) is 18.2. The number of hydrogen-bond donors (Lipinski definition) is 2. The van der Waals surface area contributed by atoms with Gasteiger partial charge in [-0.05, 0) is 85.3 Å². The van der Waals surface area contributed by atoms with Gasteiger partial charge in [-0.25, -0.2) is 18.2 Å². The van der Waals surface area contributed by atoms with Gasteiger partial charge in [-0.15, -0.1) is 9.24 Å². The van der Waals surface area contributed by atoms with Gasteiger partial charge in [-0.3, -0.25) is 0 Å². The maximum absolute atomic E-state index is 3.83. The third kappa shape index (κ3) is 9.97. The van der Waals surface area contributed by atoms with E-state index in [1.165, 1.54) is 58.0 Å². The van der Waals surface area contributed by atoms with E-state index in [2.05, 4.69) is 107 Å². The smallest absolute Gasteiger partial charge is 0.316 e. The Morgan fingerprint density at radius 2 is 1.33 bits per heavy atom. The summed E-state index contributed by atoms with van der Waals surface area (Å²) in [5.74, 6) is 1.38. The summed E-state index contributed by atoms with van der Waals surface area (Å²) < 4.78 is 0. The average Bonchev–Trinajstić information content (AvgIpc) is 3.58. The van der Waals surface area contributed by atoms with Crippen molar-refractivity contribution in [3.05, 3.63) is 47.5 Å².